The van der Waals surface area contributed by atoms with E-state index in [9.17, 15) is 9.59 Å². The Morgan fingerprint density at radius 2 is 1.83 bits per heavy atom. The molecule has 0 atom stereocenters. The van der Waals surface area contributed by atoms with Gasteiger partial charge in [0.2, 0.25) is 0 Å². The number of hydrogen-bond donors (Lipinski definition) is 0. The van der Waals surface area contributed by atoms with Crippen LogP contribution >= 0.6 is 22.9 Å². The van der Waals surface area contributed by atoms with Gasteiger partial charge in [0.25, 0.3) is 5.56 Å². The molecule has 146 valence electrons. The minimum absolute atomic E-state index is 0.118. The third kappa shape index (κ3) is 3.36. The third-order valence-electron chi connectivity index (χ3n) is 4.59. The smallest absolute Gasteiger partial charge is 0.343 e. The molecule has 0 radical (unpaired) electrons. The molecular weight excluding hydrogens is 420 g/mol. The zero-order valence-corrected chi connectivity index (χ0v) is 17.0. The molecule has 0 amide bonds. The van der Waals surface area contributed by atoms with Crippen LogP contribution in [0.25, 0.3) is 22.1 Å². The molecule has 2 aromatic heterocycles. The molecule has 2 heterocycles. The minimum Gasteiger partial charge on any atom is -0.423 e. The number of carbonyl (C=O) groups excluding carboxylic acids is 1. The zero-order chi connectivity index (χ0) is 20.7. The summed E-state index contributed by atoms with van der Waals surface area (Å²) in [5.74, 6) is -0.0858. The quantitative estimate of drug-likeness (QED) is 0.314. The average Bonchev–Trinajstić information content (AvgIpc) is 3.25. The van der Waals surface area contributed by atoms with Crippen LogP contribution in [0.5, 0.6) is 5.75 Å². The fourth-order valence-corrected chi connectivity index (χ4v) is 4.30. The summed E-state index contributed by atoms with van der Waals surface area (Å²) < 4.78 is 7.64. The molecule has 7 heteroatoms. The second-order valence-corrected chi connectivity index (χ2v) is 8.05. The number of halogens is 1. The molecule has 3 aromatic carbocycles. The standard InChI is InChI=1S/C23H13ClN2O3S/c24-16-10-8-15(9-11-16)22(28)29-17-5-3-4-14(12-17)13-20-21(27)26-19-7-2-1-6-18(19)25-23(26)30-20/h1-13H/b20-13-. The zero-order valence-electron chi connectivity index (χ0n) is 15.4. The summed E-state index contributed by atoms with van der Waals surface area (Å²) in [7, 11) is 0. The highest BCUT2D eigenvalue weighted by Crippen LogP contribution is 2.18. The van der Waals surface area contributed by atoms with Crippen molar-refractivity contribution in [3.8, 4) is 5.75 Å². The molecule has 0 saturated carbocycles. The minimum atomic E-state index is -0.477. The van der Waals surface area contributed by atoms with Crippen molar-refractivity contribution in [2.75, 3.05) is 0 Å². The van der Waals surface area contributed by atoms with Crippen LogP contribution < -0.4 is 14.8 Å². The summed E-state index contributed by atoms with van der Waals surface area (Å²) in [6.45, 7) is 0. The normalized spacial score (nSPS) is 12.0. The fourth-order valence-electron chi connectivity index (χ4n) is 3.18. The predicted molar refractivity (Wildman–Crippen MR) is 118 cm³/mol. The van der Waals surface area contributed by atoms with Crippen LogP contribution in [0.4, 0.5) is 0 Å². The van der Waals surface area contributed by atoms with E-state index in [2.05, 4.69) is 4.98 Å². The largest absolute Gasteiger partial charge is 0.423 e. The Labute approximate surface area is 179 Å². The van der Waals surface area contributed by atoms with Crippen molar-refractivity contribution in [1.82, 2.24) is 9.38 Å². The van der Waals surface area contributed by atoms with E-state index in [1.165, 1.54) is 11.3 Å². The van der Waals surface area contributed by atoms with Crippen molar-refractivity contribution in [1.29, 1.82) is 0 Å². The van der Waals surface area contributed by atoms with Gasteiger partial charge in [0.15, 0.2) is 4.96 Å². The van der Waals surface area contributed by atoms with Gasteiger partial charge in [0, 0.05) is 5.02 Å². The Morgan fingerprint density at radius 3 is 2.67 bits per heavy atom. The van der Waals surface area contributed by atoms with E-state index >= 15 is 0 Å². The Kier molecular flexibility index (Phi) is 4.58. The summed E-state index contributed by atoms with van der Waals surface area (Å²) in [5, 5.41) is 0.548. The molecule has 30 heavy (non-hydrogen) atoms. The number of hydrogen-bond acceptors (Lipinski definition) is 5. The second kappa shape index (κ2) is 7.40. The Morgan fingerprint density at radius 1 is 1.03 bits per heavy atom. The lowest BCUT2D eigenvalue weighted by Crippen LogP contribution is -2.22. The highest BCUT2D eigenvalue weighted by atomic mass is 35.5. The van der Waals surface area contributed by atoms with Gasteiger partial charge < -0.3 is 4.74 Å². The molecule has 0 N–H and O–H groups in total. The first-order chi connectivity index (χ1) is 14.6. The molecule has 0 fully saturated rings. The lowest BCUT2D eigenvalue weighted by Gasteiger charge is -2.05. The van der Waals surface area contributed by atoms with Gasteiger partial charge in [-0.25, -0.2) is 14.2 Å². The van der Waals surface area contributed by atoms with Crippen LogP contribution in [0, 0.1) is 0 Å². The van der Waals surface area contributed by atoms with Gasteiger partial charge in [-0.15, -0.1) is 0 Å². The number of thiazole rings is 1. The van der Waals surface area contributed by atoms with Gasteiger partial charge in [0.05, 0.1) is 21.1 Å². The summed E-state index contributed by atoms with van der Waals surface area (Å²) in [6, 6.07) is 21.1. The SMILES string of the molecule is O=C(Oc1cccc(/C=c2\sc3nc4ccccc4n3c2=O)c1)c1ccc(Cl)cc1. The molecule has 0 bridgehead atoms. The van der Waals surface area contributed by atoms with Crippen molar-refractivity contribution in [2.45, 2.75) is 0 Å². The van der Waals surface area contributed by atoms with E-state index in [0.29, 0.717) is 25.8 Å². The fraction of sp³-hybridized carbons (Fsp3) is 0. The Balaban J connectivity index is 1.49. The van der Waals surface area contributed by atoms with Crippen molar-refractivity contribution < 1.29 is 9.53 Å². The van der Waals surface area contributed by atoms with Gasteiger partial charge in [0.1, 0.15) is 5.75 Å². The third-order valence-corrected chi connectivity index (χ3v) is 5.81. The van der Waals surface area contributed by atoms with E-state index in [1.807, 2.05) is 30.3 Å². The van der Waals surface area contributed by atoms with Crippen molar-refractivity contribution >= 4 is 51.0 Å². The van der Waals surface area contributed by atoms with Gasteiger partial charge in [-0.05, 0) is 60.2 Å². The van der Waals surface area contributed by atoms with Crippen LogP contribution in [0.1, 0.15) is 15.9 Å². The van der Waals surface area contributed by atoms with Gasteiger partial charge in [-0.3, -0.25) is 4.79 Å². The highest BCUT2D eigenvalue weighted by molar-refractivity contribution is 7.15. The van der Waals surface area contributed by atoms with E-state index < -0.39 is 5.97 Å². The molecule has 0 aliphatic carbocycles. The number of fused-ring (bicyclic) bond motifs is 3. The first-order valence-electron chi connectivity index (χ1n) is 9.08. The Bertz CT molecular complexity index is 1520. The maximum absolute atomic E-state index is 12.9. The topological polar surface area (TPSA) is 60.7 Å². The predicted octanol–water partition coefficient (Wildman–Crippen LogP) is 4.33. The van der Waals surface area contributed by atoms with Gasteiger partial charge in [-0.2, -0.15) is 0 Å². The number of nitrogens with zero attached hydrogens (tertiary/aromatic N) is 2. The molecule has 0 saturated heterocycles. The summed E-state index contributed by atoms with van der Waals surface area (Å²) in [6.07, 6.45) is 1.77. The molecule has 0 unspecified atom stereocenters. The summed E-state index contributed by atoms with van der Waals surface area (Å²) in [4.78, 5) is 30.4. The number of benzene rings is 3. The van der Waals surface area contributed by atoms with Crippen LogP contribution in [0.2, 0.25) is 5.02 Å². The first-order valence-corrected chi connectivity index (χ1v) is 10.3. The lowest BCUT2D eigenvalue weighted by atomic mass is 10.2. The number of rotatable bonds is 3. The average molecular weight is 433 g/mol. The molecule has 5 rings (SSSR count). The van der Waals surface area contributed by atoms with Crippen molar-refractivity contribution in [3.05, 3.63) is 104 Å². The molecule has 0 aliphatic heterocycles. The maximum atomic E-state index is 12.9. The van der Waals surface area contributed by atoms with E-state index in [1.54, 1.807) is 52.9 Å². The monoisotopic (exact) mass is 432 g/mol. The first kappa shape index (κ1) is 18.5. The van der Waals surface area contributed by atoms with Crippen molar-refractivity contribution in [2.24, 2.45) is 0 Å². The molecular formula is C23H13ClN2O3S. The lowest BCUT2D eigenvalue weighted by molar-refractivity contribution is 0.0735. The molecule has 5 nitrogen and oxygen atoms in total. The molecule has 0 aliphatic rings. The van der Waals surface area contributed by atoms with Crippen LogP contribution in [-0.4, -0.2) is 15.4 Å². The number of esters is 1. The summed E-state index contributed by atoms with van der Waals surface area (Å²) in [5.41, 5.74) is 2.62. The second-order valence-electron chi connectivity index (χ2n) is 6.60. The van der Waals surface area contributed by atoms with Crippen molar-refractivity contribution in [3.63, 3.8) is 0 Å². The van der Waals surface area contributed by atoms with Crippen LogP contribution in [0.3, 0.4) is 0 Å². The van der Waals surface area contributed by atoms with Gasteiger partial charge in [-0.1, -0.05) is 47.2 Å². The molecule has 5 aromatic rings. The van der Waals surface area contributed by atoms with E-state index in [0.717, 1.165) is 16.6 Å². The number of ether oxygens (including phenoxy) is 1. The number of carbonyl (C=O) groups is 1. The summed E-state index contributed by atoms with van der Waals surface area (Å²) >= 11 is 7.18. The Hall–Kier alpha value is -3.48. The van der Waals surface area contributed by atoms with E-state index in [-0.39, 0.29) is 5.56 Å². The number of para-hydroxylation sites is 2. The molecule has 0 spiro atoms. The van der Waals surface area contributed by atoms with Gasteiger partial charge >= 0.3 is 5.97 Å². The van der Waals surface area contributed by atoms with Crippen LogP contribution in [0.15, 0.2) is 77.6 Å². The number of aromatic nitrogens is 2. The van der Waals surface area contributed by atoms with Crippen LogP contribution in [-0.2, 0) is 0 Å². The maximum Gasteiger partial charge on any atom is 0.343 e. The van der Waals surface area contributed by atoms with E-state index in [4.69, 9.17) is 16.3 Å². The highest BCUT2D eigenvalue weighted by Gasteiger charge is 2.11. The number of imidazole rings is 1.